The van der Waals surface area contributed by atoms with Crippen LogP contribution in [0.4, 0.5) is 0 Å². The number of hydrogen-bond acceptors (Lipinski definition) is 2. The summed E-state index contributed by atoms with van der Waals surface area (Å²) >= 11 is 0. The highest BCUT2D eigenvalue weighted by Gasteiger charge is 2.43. The minimum Gasteiger partial charge on any atom is -0.300 e. The molecule has 4 fully saturated rings. The Morgan fingerprint density at radius 2 is 1.76 bits per heavy atom. The van der Waals surface area contributed by atoms with Gasteiger partial charge in [-0.2, -0.15) is 0 Å². The van der Waals surface area contributed by atoms with Crippen molar-refractivity contribution in [1.82, 2.24) is 9.80 Å². The van der Waals surface area contributed by atoms with E-state index in [-0.39, 0.29) is 0 Å². The molecular weight excluding hydrogens is 256 g/mol. The molecule has 3 saturated carbocycles. The Balaban J connectivity index is 1.13. The van der Waals surface area contributed by atoms with E-state index in [0.717, 1.165) is 35.6 Å². The van der Waals surface area contributed by atoms with E-state index in [1.54, 1.807) is 12.8 Å². The van der Waals surface area contributed by atoms with Crippen LogP contribution >= 0.6 is 0 Å². The lowest BCUT2D eigenvalue weighted by Crippen LogP contribution is -2.52. The fourth-order valence-corrected chi connectivity index (χ4v) is 6.37. The highest BCUT2D eigenvalue weighted by Crippen LogP contribution is 2.47. The van der Waals surface area contributed by atoms with E-state index in [9.17, 15) is 0 Å². The number of fused-ring (bicyclic) bond motifs is 4. The monoisotopic (exact) mass is 286 g/mol. The minimum absolute atomic E-state index is 0.929. The molecule has 6 atom stereocenters. The predicted octanol–water partition coefficient (Wildman–Crippen LogP) is 3.00. The van der Waals surface area contributed by atoms with Crippen molar-refractivity contribution in [3.05, 3.63) is 12.2 Å². The van der Waals surface area contributed by atoms with Crippen LogP contribution in [0.2, 0.25) is 0 Å². The van der Waals surface area contributed by atoms with E-state index >= 15 is 0 Å². The molecule has 21 heavy (non-hydrogen) atoms. The highest BCUT2D eigenvalue weighted by atomic mass is 15.3. The Kier molecular flexibility index (Phi) is 3.19. The second kappa shape index (κ2) is 5.09. The lowest BCUT2D eigenvalue weighted by Gasteiger charge is -2.42. The molecular formula is C19H30N2. The van der Waals surface area contributed by atoms with Crippen LogP contribution in [0.25, 0.3) is 0 Å². The molecule has 0 aromatic heterocycles. The molecule has 5 rings (SSSR count). The van der Waals surface area contributed by atoms with Gasteiger partial charge in [0.2, 0.25) is 0 Å². The van der Waals surface area contributed by atoms with Crippen LogP contribution in [-0.2, 0) is 0 Å². The van der Waals surface area contributed by atoms with Crippen LogP contribution in [0.1, 0.15) is 38.5 Å². The average Bonchev–Trinajstić information content (AvgIpc) is 3.28. The fourth-order valence-electron chi connectivity index (χ4n) is 6.37. The smallest absolute Gasteiger partial charge is 0.0127 e. The lowest BCUT2D eigenvalue weighted by molar-refractivity contribution is 0.0618. The Labute approximate surface area is 129 Å². The summed E-state index contributed by atoms with van der Waals surface area (Å²) in [5.74, 6) is 5.01. The van der Waals surface area contributed by atoms with Crippen LogP contribution in [0.5, 0.6) is 0 Å². The molecule has 4 bridgehead atoms. The second-order valence-corrected chi connectivity index (χ2v) is 8.62. The maximum Gasteiger partial charge on any atom is 0.0127 e. The molecule has 4 aliphatic carbocycles. The zero-order valence-corrected chi connectivity index (χ0v) is 13.3. The Morgan fingerprint density at radius 1 is 0.857 bits per heavy atom. The summed E-state index contributed by atoms with van der Waals surface area (Å²) in [4.78, 5) is 5.64. The standard InChI is InChI=1S/C19H30N2/c1-3-16-9-14(1)11-18(16)13-20-5-7-21(8-6-20)19-12-15-2-4-17(19)10-15/h1,3,14-19H,2,4-13H2/t14-,15-,16+,17-,18-,19-/m1/s1. The lowest BCUT2D eigenvalue weighted by atomic mass is 9.92. The number of hydrogen-bond donors (Lipinski definition) is 0. The van der Waals surface area contributed by atoms with Crippen molar-refractivity contribution in [2.75, 3.05) is 32.7 Å². The second-order valence-electron chi connectivity index (χ2n) is 8.62. The molecule has 116 valence electrons. The minimum atomic E-state index is 0.929. The maximum atomic E-state index is 2.86. The molecule has 0 amide bonds. The summed E-state index contributed by atoms with van der Waals surface area (Å²) in [7, 11) is 0. The van der Waals surface area contributed by atoms with Gasteiger partial charge in [0.05, 0.1) is 0 Å². The highest BCUT2D eigenvalue weighted by molar-refractivity contribution is 5.10. The van der Waals surface area contributed by atoms with Gasteiger partial charge in [-0.15, -0.1) is 0 Å². The summed E-state index contributed by atoms with van der Waals surface area (Å²) in [5.41, 5.74) is 0. The van der Waals surface area contributed by atoms with Crippen molar-refractivity contribution in [3.8, 4) is 0 Å². The zero-order chi connectivity index (χ0) is 13.8. The van der Waals surface area contributed by atoms with E-state index in [4.69, 9.17) is 0 Å². The van der Waals surface area contributed by atoms with Gasteiger partial charge >= 0.3 is 0 Å². The molecule has 0 radical (unpaired) electrons. The SMILES string of the molecule is C1=C[C@H]2C[C@@H]1C[C@@H]2CN1CCN([C@@H]2C[C@@H]3CC[C@@H]2C3)CC1. The predicted molar refractivity (Wildman–Crippen MR) is 86.1 cm³/mol. The number of rotatable bonds is 3. The first-order chi connectivity index (χ1) is 10.3. The van der Waals surface area contributed by atoms with Crippen LogP contribution in [-0.4, -0.2) is 48.6 Å². The maximum absolute atomic E-state index is 2.86. The summed E-state index contributed by atoms with van der Waals surface area (Å²) < 4.78 is 0. The summed E-state index contributed by atoms with van der Waals surface area (Å²) in [6.45, 7) is 6.77. The van der Waals surface area contributed by atoms with E-state index in [0.29, 0.717) is 0 Å². The van der Waals surface area contributed by atoms with Crippen LogP contribution in [0.15, 0.2) is 12.2 Å². The molecule has 1 heterocycles. The summed E-state index contributed by atoms with van der Waals surface area (Å²) in [5, 5.41) is 0. The van der Waals surface area contributed by atoms with Gasteiger partial charge in [0.25, 0.3) is 0 Å². The first-order valence-corrected chi connectivity index (χ1v) is 9.50. The van der Waals surface area contributed by atoms with Crippen LogP contribution < -0.4 is 0 Å². The largest absolute Gasteiger partial charge is 0.300 e. The molecule has 0 aromatic carbocycles. The topological polar surface area (TPSA) is 6.48 Å². The number of piperazine rings is 1. The van der Waals surface area contributed by atoms with Crippen LogP contribution in [0, 0.1) is 29.6 Å². The van der Waals surface area contributed by atoms with Crippen molar-refractivity contribution < 1.29 is 0 Å². The van der Waals surface area contributed by atoms with Gasteiger partial charge in [0, 0.05) is 38.8 Å². The van der Waals surface area contributed by atoms with Crippen LogP contribution in [0.3, 0.4) is 0 Å². The van der Waals surface area contributed by atoms with Crippen molar-refractivity contribution in [2.45, 2.75) is 44.6 Å². The number of nitrogens with zero attached hydrogens (tertiary/aromatic N) is 2. The summed E-state index contributed by atoms with van der Waals surface area (Å²) in [6, 6.07) is 0.969. The molecule has 0 aromatic rings. The molecule has 2 nitrogen and oxygen atoms in total. The van der Waals surface area contributed by atoms with Gasteiger partial charge in [-0.25, -0.2) is 0 Å². The molecule has 0 spiro atoms. The Hall–Kier alpha value is -0.340. The molecule has 0 N–H and O–H groups in total. The molecule has 1 aliphatic heterocycles. The van der Waals surface area contributed by atoms with Gasteiger partial charge < -0.3 is 4.90 Å². The van der Waals surface area contributed by atoms with Gasteiger partial charge in [0.15, 0.2) is 0 Å². The third-order valence-electron chi connectivity index (χ3n) is 7.49. The average molecular weight is 286 g/mol. The first kappa shape index (κ1) is 13.1. The summed E-state index contributed by atoms with van der Waals surface area (Å²) in [6.07, 6.45) is 14.1. The van der Waals surface area contributed by atoms with Gasteiger partial charge in [-0.05, 0) is 61.7 Å². The van der Waals surface area contributed by atoms with E-state index in [1.165, 1.54) is 58.4 Å². The van der Waals surface area contributed by atoms with Crippen molar-refractivity contribution in [2.24, 2.45) is 29.6 Å². The third kappa shape index (κ3) is 2.30. The normalized spacial score (nSPS) is 49.5. The molecule has 5 aliphatic rings. The molecule has 2 heteroatoms. The van der Waals surface area contributed by atoms with Crippen molar-refractivity contribution in [3.63, 3.8) is 0 Å². The van der Waals surface area contributed by atoms with Crippen molar-refractivity contribution >= 4 is 0 Å². The van der Waals surface area contributed by atoms with E-state index in [2.05, 4.69) is 22.0 Å². The third-order valence-corrected chi connectivity index (χ3v) is 7.49. The number of allylic oxidation sites excluding steroid dienone is 2. The van der Waals surface area contributed by atoms with E-state index < -0.39 is 0 Å². The quantitative estimate of drug-likeness (QED) is 0.736. The first-order valence-electron chi connectivity index (χ1n) is 9.50. The Morgan fingerprint density at radius 3 is 2.38 bits per heavy atom. The van der Waals surface area contributed by atoms with Crippen molar-refractivity contribution in [1.29, 1.82) is 0 Å². The van der Waals surface area contributed by atoms with Gasteiger partial charge in [-0.3, -0.25) is 4.90 Å². The van der Waals surface area contributed by atoms with E-state index in [1.807, 2.05) is 0 Å². The molecule has 0 unspecified atom stereocenters. The fraction of sp³-hybridized carbons (Fsp3) is 0.895. The van der Waals surface area contributed by atoms with Gasteiger partial charge in [0.1, 0.15) is 0 Å². The van der Waals surface area contributed by atoms with Gasteiger partial charge in [-0.1, -0.05) is 18.6 Å². The zero-order valence-electron chi connectivity index (χ0n) is 13.3. The molecule has 1 saturated heterocycles. The Bertz CT molecular complexity index is 423.